The third-order valence-corrected chi connectivity index (χ3v) is 1.92. The molecule has 10 heavy (non-hydrogen) atoms. The van der Waals surface area contributed by atoms with Crippen molar-refractivity contribution in [1.82, 2.24) is 0 Å². The van der Waals surface area contributed by atoms with Gasteiger partial charge in [-0.2, -0.15) is 0 Å². The van der Waals surface area contributed by atoms with Crippen LogP contribution in [-0.2, 0) is 0 Å². The van der Waals surface area contributed by atoms with Crippen LogP contribution in [0.15, 0.2) is 0 Å². The molecule has 0 bridgehead atoms. The average molecular weight is 148 g/mol. The minimum absolute atomic E-state index is 0.319. The zero-order valence-electron chi connectivity index (χ0n) is 5.89. The Hall–Kier alpha value is -0.150. The third kappa shape index (κ3) is 1.92. The molecule has 0 atom stereocenters. The maximum absolute atomic E-state index is 13.0. The van der Waals surface area contributed by atoms with E-state index in [4.69, 9.17) is 10.2 Å². The van der Waals surface area contributed by atoms with Crippen molar-refractivity contribution in [1.29, 1.82) is 0 Å². The van der Waals surface area contributed by atoms with Gasteiger partial charge in [0.2, 0.25) is 0 Å². The fourth-order valence-corrected chi connectivity index (χ4v) is 1.02. The van der Waals surface area contributed by atoms with E-state index in [1.54, 1.807) is 0 Å². The van der Waals surface area contributed by atoms with E-state index in [-0.39, 0.29) is 0 Å². The van der Waals surface area contributed by atoms with Gasteiger partial charge in [0.25, 0.3) is 0 Å². The molecule has 0 saturated heterocycles. The van der Waals surface area contributed by atoms with Gasteiger partial charge in [-0.1, -0.05) is 12.8 Å². The first-order valence-electron chi connectivity index (χ1n) is 3.61. The first-order chi connectivity index (χ1) is 4.70. The number of rotatable bonds is 4. The van der Waals surface area contributed by atoms with Crippen LogP contribution < -0.4 is 0 Å². The average Bonchev–Trinajstić information content (AvgIpc) is 2.72. The molecule has 1 fully saturated rings. The van der Waals surface area contributed by atoms with Gasteiger partial charge in [0, 0.05) is 0 Å². The summed E-state index contributed by atoms with van der Waals surface area (Å²) in [6, 6.07) is 0. The van der Waals surface area contributed by atoms with E-state index in [1.807, 2.05) is 0 Å². The Morgan fingerprint density at radius 2 is 1.80 bits per heavy atom. The van der Waals surface area contributed by atoms with Crippen LogP contribution in [0.2, 0.25) is 0 Å². The lowest BCUT2D eigenvalue weighted by Gasteiger charge is -2.19. The molecule has 0 aliphatic heterocycles. The highest BCUT2D eigenvalue weighted by molar-refractivity contribution is 4.86. The molecule has 1 saturated carbocycles. The summed E-state index contributed by atoms with van der Waals surface area (Å²) in [7, 11) is 0. The molecule has 0 aromatic carbocycles. The van der Waals surface area contributed by atoms with E-state index in [2.05, 4.69) is 0 Å². The lowest BCUT2D eigenvalue weighted by Crippen LogP contribution is -2.32. The second-order valence-electron chi connectivity index (χ2n) is 3.11. The van der Waals surface area contributed by atoms with E-state index in [0.29, 0.717) is 12.3 Å². The SMILES string of the molecule is OCC(F)(CO)CC1CC1. The Bertz CT molecular complexity index is 108. The van der Waals surface area contributed by atoms with Crippen LogP contribution in [0.4, 0.5) is 4.39 Å². The number of hydrogen-bond acceptors (Lipinski definition) is 2. The highest BCUT2D eigenvalue weighted by atomic mass is 19.1. The molecule has 0 radical (unpaired) electrons. The van der Waals surface area contributed by atoms with E-state index in [0.717, 1.165) is 12.8 Å². The van der Waals surface area contributed by atoms with Gasteiger partial charge < -0.3 is 10.2 Å². The molecule has 0 amide bonds. The Kier molecular flexibility index (Phi) is 2.26. The summed E-state index contributed by atoms with van der Waals surface area (Å²) in [6.45, 7) is -1.11. The van der Waals surface area contributed by atoms with Crippen molar-refractivity contribution >= 4 is 0 Å². The standard InChI is InChI=1S/C7H13FO2/c8-7(4-9,5-10)3-6-1-2-6/h6,9-10H,1-5H2. The van der Waals surface area contributed by atoms with E-state index < -0.39 is 18.9 Å². The van der Waals surface area contributed by atoms with Crippen LogP contribution in [0.3, 0.4) is 0 Å². The van der Waals surface area contributed by atoms with Gasteiger partial charge in [0.15, 0.2) is 5.67 Å². The fraction of sp³-hybridized carbons (Fsp3) is 1.00. The maximum atomic E-state index is 13.0. The van der Waals surface area contributed by atoms with Crippen LogP contribution in [0.1, 0.15) is 19.3 Å². The van der Waals surface area contributed by atoms with E-state index in [9.17, 15) is 4.39 Å². The van der Waals surface area contributed by atoms with Crippen LogP contribution in [0.25, 0.3) is 0 Å². The lowest BCUT2D eigenvalue weighted by molar-refractivity contribution is 0.00560. The van der Waals surface area contributed by atoms with E-state index in [1.165, 1.54) is 0 Å². The molecular formula is C7H13FO2. The summed E-state index contributed by atoms with van der Waals surface area (Å²) in [4.78, 5) is 0. The molecule has 0 aromatic heterocycles. The summed E-state index contributed by atoms with van der Waals surface area (Å²) in [5.41, 5.74) is -1.72. The molecule has 2 N–H and O–H groups in total. The minimum atomic E-state index is -1.72. The highest BCUT2D eigenvalue weighted by Crippen LogP contribution is 2.37. The number of halogens is 1. The summed E-state index contributed by atoms with van der Waals surface area (Å²) in [5, 5.41) is 17.1. The van der Waals surface area contributed by atoms with Crippen molar-refractivity contribution in [3.63, 3.8) is 0 Å². The van der Waals surface area contributed by atoms with Crippen molar-refractivity contribution < 1.29 is 14.6 Å². The molecule has 2 nitrogen and oxygen atoms in total. The van der Waals surface area contributed by atoms with Gasteiger partial charge in [-0.15, -0.1) is 0 Å². The van der Waals surface area contributed by atoms with Crippen molar-refractivity contribution in [2.24, 2.45) is 5.92 Å². The predicted molar refractivity (Wildman–Crippen MR) is 35.4 cm³/mol. The zero-order valence-corrected chi connectivity index (χ0v) is 5.89. The first kappa shape index (κ1) is 7.95. The highest BCUT2D eigenvalue weighted by Gasteiger charge is 2.36. The van der Waals surface area contributed by atoms with Crippen LogP contribution in [0, 0.1) is 5.92 Å². The molecule has 3 heteroatoms. The van der Waals surface area contributed by atoms with Gasteiger partial charge >= 0.3 is 0 Å². The maximum Gasteiger partial charge on any atom is 0.157 e. The predicted octanol–water partition coefficient (Wildman–Crippen LogP) is 0.479. The smallest absolute Gasteiger partial charge is 0.157 e. The molecular weight excluding hydrogens is 135 g/mol. The van der Waals surface area contributed by atoms with E-state index >= 15 is 0 Å². The Labute approximate surface area is 59.7 Å². The summed E-state index contributed by atoms with van der Waals surface area (Å²) in [6.07, 6.45) is 2.41. The molecule has 0 heterocycles. The Morgan fingerprint density at radius 3 is 2.10 bits per heavy atom. The van der Waals surface area contributed by atoms with Crippen molar-refractivity contribution in [3.05, 3.63) is 0 Å². The summed E-state index contributed by atoms with van der Waals surface area (Å²) in [5.74, 6) is 0.407. The third-order valence-electron chi connectivity index (χ3n) is 1.92. The van der Waals surface area contributed by atoms with Crippen molar-refractivity contribution in [2.45, 2.75) is 24.9 Å². The van der Waals surface area contributed by atoms with Gasteiger partial charge in [0.1, 0.15) is 0 Å². The topological polar surface area (TPSA) is 40.5 Å². The minimum Gasteiger partial charge on any atom is -0.393 e. The van der Waals surface area contributed by atoms with Crippen LogP contribution >= 0.6 is 0 Å². The van der Waals surface area contributed by atoms with Crippen molar-refractivity contribution in [2.75, 3.05) is 13.2 Å². The number of alkyl halides is 1. The van der Waals surface area contributed by atoms with Crippen LogP contribution in [-0.4, -0.2) is 29.1 Å². The first-order valence-corrected chi connectivity index (χ1v) is 3.61. The quantitative estimate of drug-likeness (QED) is 0.608. The van der Waals surface area contributed by atoms with Gasteiger partial charge in [0.05, 0.1) is 13.2 Å². The largest absolute Gasteiger partial charge is 0.393 e. The van der Waals surface area contributed by atoms with Gasteiger partial charge in [-0.05, 0) is 12.3 Å². The molecule has 0 spiro atoms. The van der Waals surface area contributed by atoms with Crippen molar-refractivity contribution in [3.8, 4) is 0 Å². The van der Waals surface area contributed by atoms with Crippen LogP contribution in [0.5, 0.6) is 0 Å². The Balaban J connectivity index is 2.29. The summed E-state index contributed by atoms with van der Waals surface area (Å²) < 4.78 is 13.0. The number of hydrogen-bond donors (Lipinski definition) is 2. The molecule has 0 aromatic rings. The fourth-order valence-electron chi connectivity index (χ4n) is 1.02. The molecule has 1 rings (SSSR count). The molecule has 0 unspecified atom stereocenters. The lowest BCUT2D eigenvalue weighted by atomic mass is 10.0. The monoisotopic (exact) mass is 148 g/mol. The summed E-state index contributed by atoms with van der Waals surface area (Å²) >= 11 is 0. The second-order valence-corrected chi connectivity index (χ2v) is 3.11. The second kappa shape index (κ2) is 2.84. The normalized spacial score (nSPS) is 19.5. The Morgan fingerprint density at radius 1 is 1.30 bits per heavy atom. The van der Waals surface area contributed by atoms with Gasteiger partial charge in [-0.3, -0.25) is 0 Å². The number of aliphatic hydroxyl groups excluding tert-OH is 2. The molecule has 1 aliphatic carbocycles. The van der Waals surface area contributed by atoms with Gasteiger partial charge in [-0.25, -0.2) is 4.39 Å². The molecule has 60 valence electrons. The molecule has 1 aliphatic rings. The zero-order chi connectivity index (χ0) is 7.61. The number of aliphatic hydroxyl groups is 2.